The van der Waals surface area contributed by atoms with E-state index in [1.165, 1.54) is 38.5 Å². The number of Topliss-reactive ketones (excluding diaryl/α,β-unsaturated/α-hetero) is 1. The number of hydrogen-bond acceptors (Lipinski definition) is 2. The number of likely N-dealkylation sites (N-methyl/N-ethyl adjacent to an activating group) is 1. The lowest BCUT2D eigenvalue weighted by Gasteiger charge is -2.57. The lowest BCUT2D eigenvalue weighted by Crippen LogP contribution is -2.49. The highest BCUT2D eigenvalue weighted by Crippen LogP contribution is 2.61. The van der Waals surface area contributed by atoms with E-state index in [2.05, 4.69) is 5.32 Å². The zero-order chi connectivity index (χ0) is 12.0. The van der Waals surface area contributed by atoms with Crippen LogP contribution in [0.2, 0.25) is 0 Å². The summed E-state index contributed by atoms with van der Waals surface area (Å²) < 4.78 is 0. The van der Waals surface area contributed by atoms with E-state index in [0.29, 0.717) is 11.2 Å². The first-order chi connectivity index (χ1) is 8.10. The summed E-state index contributed by atoms with van der Waals surface area (Å²) in [4.78, 5) is 11.6. The van der Waals surface area contributed by atoms with E-state index < -0.39 is 0 Å². The SMILES string of the molecule is CNC(CC12CC3CC(CC(C3)C1)C2)C(C)=O. The third kappa shape index (κ3) is 2.05. The summed E-state index contributed by atoms with van der Waals surface area (Å²) in [6.07, 6.45) is 9.79. The van der Waals surface area contributed by atoms with Gasteiger partial charge in [-0.25, -0.2) is 0 Å². The molecule has 0 aromatic rings. The van der Waals surface area contributed by atoms with Gasteiger partial charge >= 0.3 is 0 Å². The molecule has 96 valence electrons. The van der Waals surface area contributed by atoms with Crippen LogP contribution in [0.1, 0.15) is 51.9 Å². The Balaban J connectivity index is 1.75. The second-order valence-corrected chi connectivity index (χ2v) is 7.07. The predicted molar refractivity (Wildman–Crippen MR) is 68.8 cm³/mol. The van der Waals surface area contributed by atoms with Crippen LogP contribution in [0.5, 0.6) is 0 Å². The molecule has 0 aromatic heterocycles. The molecule has 0 saturated heterocycles. The predicted octanol–water partition coefficient (Wildman–Crippen LogP) is 2.77. The van der Waals surface area contributed by atoms with Crippen LogP contribution in [0.4, 0.5) is 0 Å². The Labute approximate surface area is 105 Å². The average Bonchev–Trinajstić information content (AvgIpc) is 2.23. The van der Waals surface area contributed by atoms with Gasteiger partial charge in [-0.3, -0.25) is 4.79 Å². The van der Waals surface area contributed by atoms with Crippen molar-refractivity contribution in [1.82, 2.24) is 5.32 Å². The molecule has 0 amide bonds. The molecule has 1 unspecified atom stereocenters. The molecule has 0 aromatic carbocycles. The number of hydrogen-bond donors (Lipinski definition) is 1. The minimum Gasteiger partial charge on any atom is -0.311 e. The van der Waals surface area contributed by atoms with Crippen molar-refractivity contribution in [3.63, 3.8) is 0 Å². The van der Waals surface area contributed by atoms with E-state index in [0.717, 1.165) is 24.2 Å². The maximum Gasteiger partial charge on any atom is 0.146 e. The van der Waals surface area contributed by atoms with Crippen LogP contribution >= 0.6 is 0 Å². The van der Waals surface area contributed by atoms with Gasteiger partial charge in [0, 0.05) is 0 Å². The highest BCUT2D eigenvalue weighted by molar-refractivity contribution is 5.81. The minimum atomic E-state index is 0.103. The zero-order valence-electron chi connectivity index (χ0n) is 11.2. The van der Waals surface area contributed by atoms with Crippen molar-refractivity contribution in [2.75, 3.05) is 7.05 Å². The molecule has 2 heteroatoms. The Morgan fingerprint density at radius 3 is 2.00 bits per heavy atom. The molecule has 4 fully saturated rings. The zero-order valence-corrected chi connectivity index (χ0v) is 11.2. The summed E-state index contributed by atoms with van der Waals surface area (Å²) in [5, 5.41) is 3.23. The fourth-order valence-electron chi connectivity index (χ4n) is 5.42. The first-order valence-electron chi connectivity index (χ1n) is 7.28. The molecule has 4 bridgehead atoms. The molecule has 4 rings (SSSR count). The maximum atomic E-state index is 11.6. The summed E-state index contributed by atoms with van der Waals surface area (Å²) in [5.41, 5.74) is 0.522. The quantitative estimate of drug-likeness (QED) is 0.812. The second-order valence-electron chi connectivity index (χ2n) is 7.07. The molecule has 0 heterocycles. The van der Waals surface area contributed by atoms with Gasteiger partial charge in [0.15, 0.2) is 0 Å². The summed E-state index contributed by atoms with van der Waals surface area (Å²) in [6, 6.07) is 0.103. The summed E-state index contributed by atoms with van der Waals surface area (Å²) in [6.45, 7) is 1.74. The Morgan fingerprint density at radius 2 is 1.65 bits per heavy atom. The number of ketones is 1. The lowest BCUT2D eigenvalue weighted by atomic mass is 9.48. The van der Waals surface area contributed by atoms with E-state index >= 15 is 0 Å². The van der Waals surface area contributed by atoms with Crippen molar-refractivity contribution in [3.05, 3.63) is 0 Å². The standard InChI is InChI=1S/C15H25NO/c1-10(17)14(16-2)9-15-6-11-3-12(7-15)5-13(4-11)8-15/h11-14,16H,3-9H2,1-2H3. The van der Waals surface area contributed by atoms with E-state index in [1.54, 1.807) is 6.92 Å². The minimum absolute atomic E-state index is 0.103. The molecular formula is C15H25NO. The van der Waals surface area contributed by atoms with Crippen LogP contribution in [0.25, 0.3) is 0 Å². The largest absolute Gasteiger partial charge is 0.311 e. The van der Waals surface area contributed by atoms with Gasteiger partial charge in [0.1, 0.15) is 5.78 Å². The Hall–Kier alpha value is -0.370. The molecule has 4 aliphatic carbocycles. The number of carbonyl (C=O) groups excluding carboxylic acids is 1. The van der Waals surface area contributed by atoms with E-state index in [9.17, 15) is 4.79 Å². The molecule has 2 nitrogen and oxygen atoms in total. The fourth-order valence-corrected chi connectivity index (χ4v) is 5.42. The highest BCUT2D eigenvalue weighted by atomic mass is 16.1. The molecule has 4 aliphatic rings. The average molecular weight is 235 g/mol. The third-order valence-electron chi connectivity index (χ3n) is 5.64. The van der Waals surface area contributed by atoms with Gasteiger partial charge in [-0.2, -0.15) is 0 Å². The van der Waals surface area contributed by atoms with Crippen LogP contribution < -0.4 is 5.32 Å². The van der Waals surface area contributed by atoms with Crippen molar-refractivity contribution < 1.29 is 4.79 Å². The number of carbonyl (C=O) groups is 1. The summed E-state index contributed by atoms with van der Waals surface area (Å²) in [7, 11) is 1.94. The Morgan fingerprint density at radius 1 is 1.18 bits per heavy atom. The topological polar surface area (TPSA) is 29.1 Å². The monoisotopic (exact) mass is 235 g/mol. The Kier molecular flexibility index (Phi) is 2.81. The maximum absolute atomic E-state index is 11.6. The van der Waals surface area contributed by atoms with Crippen LogP contribution in [-0.2, 0) is 4.79 Å². The van der Waals surface area contributed by atoms with Crippen molar-refractivity contribution in [3.8, 4) is 0 Å². The first kappa shape index (κ1) is 11.7. The summed E-state index contributed by atoms with van der Waals surface area (Å²) in [5.74, 6) is 3.30. The summed E-state index contributed by atoms with van der Waals surface area (Å²) >= 11 is 0. The normalized spacial score (nSPS) is 44.9. The second kappa shape index (κ2) is 4.08. The highest BCUT2D eigenvalue weighted by Gasteiger charge is 2.51. The molecule has 1 N–H and O–H groups in total. The van der Waals surface area contributed by atoms with Crippen molar-refractivity contribution >= 4 is 5.78 Å². The van der Waals surface area contributed by atoms with Crippen LogP contribution in [0, 0.1) is 23.2 Å². The Bertz CT molecular complexity index is 288. The van der Waals surface area contributed by atoms with Gasteiger partial charge in [-0.1, -0.05) is 0 Å². The smallest absolute Gasteiger partial charge is 0.146 e. The van der Waals surface area contributed by atoms with Gasteiger partial charge in [0.2, 0.25) is 0 Å². The van der Waals surface area contributed by atoms with Gasteiger partial charge in [0.05, 0.1) is 6.04 Å². The fraction of sp³-hybridized carbons (Fsp3) is 0.933. The molecule has 0 aliphatic heterocycles. The van der Waals surface area contributed by atoms with Crippen molar-refractivity contribution in [2.45, 2.75) is 57.9 Å². The van der Waals surface area contributed by atoms with Gasteiger partial charge in [0.25, 0.3) is 0 Å². The first-order valence-corrected chi connectivity index (χ1v) is 7.28. The van der Waals surface area contributed by atoms with Gasteiger partial charge in [-0.05, 0) is 82.1 Å². The van der Waals surface area contributed by atoms with Crippen LogP contribution in [0.3, 0.4) is 0 Å². The molecule has 0 radical (unpaired) electrons. The van der Waals surface area contributed by atoms with Crippen molar-refractivity contribution in [2.24, 2.45) is 23.2 Å². The van der Waals surface area contributed by atoms with Gasteiger partial charge in [-0.15, -0.1) is 0 Å². The van der Waals surface area contributed by atoms with E-state index in [4.69, 9.17) is 0 Å². The van der Waals surface area contributed by atoms with E-state index in [-0.39, 0.29) is 6.04 Å². The van der Waals surface area contributed by atoms with Crippen molar-refractivity contribution in [1.29, 1.82) is 0 Å². The van der Waals surface area contributed by atoms with Crippen LogP contribution in [-0.4, -0.2) is 18.9 Å². The molecule has 0 spiro atoms. The molecular weight excluding hydrogens is 210 g/mol. The molecule has 17 heavy (non-hydrogen) atoms. The molecule has 4 saturated carbocycles. The van der Waals surface area contributed by atoms with Crippen LogP contribution in [0.15, 0.2) is 0 Å². The number of nitrogens with one attached hydrogen (secondary N) is 1. The molecule has 1 atom stereocenters. The van der Waals surface area contributed by atoms with E-state index in [1.807, 2.05) is 7.05 Å². The third-order valence-corrected chi connectivity index (χ3v) is 5.64. The number of rotatable bonds is 4. The van der Waals surface area contributed by atoms with Gasteiger partial charge < -0.3 is 5.32 Å². The lowest BCUT2D eigenvalue weighted by molar-refractivity contribution is -0.122.